The number of phosphoric ester groups is 2. The van der Waals surface area contributed by atoms with E-state index in [4.69, 9.17) is 32.3 Å². The smallest absolute Gasteiger partial charge is 0.463 e. The molecule has 0 aliphatic heterocycles. The minimum atomic E-state index is -4.95. The molecule has 0 fully saturated rings. The molecule has 0 aromatic carbocycles. The first kappa shape index (κ1) is 110. The summed E-state index contributed by atoms with van der Waals surface area (Å²) < 4.78 is 61.5. The van der Waals surface area contributed by atoms with Gasteiger partial charge in [-0.15, -0.1) is 0 Å². The van der Waals surface area contributed by atoms with Gasteiger partial charge in [-0.25, -0.2) is 9.13 Å². The third kappa shape index (κ3) is 89.3. The van der Waals surface area contributed by atoms with Crippen molar-refractivity contribution in [2.45, 2.75) is 373 Å². The molecule has 18 heteroatoms. The van der Waals surface area contributed by atoms with Gasteiger partial charge in [0.25, 0.3) is 0 Å². The third-order valence-electron chi connectivity index (χ3n) is 18.6. The first-order valence-corrected chi connectivity index (χ1v) is 48.1. The molecule has 0 saturated carbocycles. The van der Waals surface area contributed by atoms with E-state index >= 15 is 0 Å². The van der Waals surface area contributed by atoms with Gasteiger partial charge in [0.1, 0.15) is 25.4 Å². The summed E-state index contributed by atoms with van der Waals surface area (Å²) in [4.78, 5) is 59.0. The van der Waals surface area contributed by atoms with Gasteiger partial charge < -0.3 is 34.2 Å². The van der Waals surface area contributed by atoms with Crippen LogP contribution in [-0.2, 0) is 55.8 Å². The van der Waals surface area contributed by atoms with Gasteiger partial charge in [0, 0.05) is 19.3 Å². The Labute approximate surface area is 700 Å². The van der Waals surface area contributed by atoms with E-state index in [0.29, 0.717) is 19.3 Å². The number of carbonyl (C=O) groups excluding carboxylic acids is 3. The topological polar surface area (TPSA) is 231 Å². The molecular formula is C97H162O16P2. The standard InChI is InChI=1S/C97H162O16P2/c1-4-7-10-13-16-19-22-25-28-31-34-37-40-42-44-45-47-49-51-53-56-59-62-65-68-71-74-77-80-83-95(100)107-86-92(98)87-109-114(103,104)110-88-93(99)89-111-115(105,106)112-91-94(113-97(102)85-82-79-76-73-70-67-64-61-58-55-50-39-36-33-30-27-24-21-18-15-12-9-6-3)90-108-96(101)84-81-78-75-72-69-66-63-60-57-54-52-48-46-43-41-38-35-32-29-26-23-20-17-14-11-8-5-2/h7,9-10,12,16-21,25-30,34-39,42-44,46-47,49,55,58,92-94,98-99H,4-6,8,11,13-15,22-24,31-33,40-41,45,48,50-54,56-57,59-91H2,1-3H3,(H,103,104)(H,105,106)/b10-7-,12-9-,19-16-,20-17-,21-18-,28-25-,29-26-,30-27-,37-34-,38-35-,39-36-,44-42-,46-43-,49-47-,58-55-. The molecule has 0 bridgehead atoms. The molecule has 0 spiro atoms. The van der Waals surface area contributed by atoms with Gasteiger partial charge >= 0.3 is 33.6 Å². The fourth-order valence-corrected chi connectivity index (χ4v) is 13.4. The number of carbonyl (C=O) groups is 3. The molecule has 5 unspecified atom stereocenters. The zero-order valence-corrected chi connectivity index (χ0v) is 73.9. The second-order valence-electron chi connectivity index (χ2n) is 29.6. The van der Waals surface area contributed by atoms with E-state index in [9.17, 15) is 43.5 Å². The fraction of sp³-hybridized carbons (Fsp3) is 0.660. The normalized spacial score (nSPS) is 14.7. The Balaban J connectivity index is 4.67. The molecule has 0 saturated heterocycles. The van der Waals surface area contributed by atoms with Gasteiger partial charge in [0.05, 0.1) is 26.4 Å². The van der Waals surface area contributed by atoms with Gasteiger partial charge in [-0.05, 0) is 161 Å². The van der Waals surface area contributed by atoms with E-state index in [1.165, 1.54) is 96.3 Å². The second-order valence-corrected chi connectivity index (χ2v) is 32.5. The number of aliphatic hydroxyl groups excluding tert-OH is 2. The van der Waals surface area contributed by atoms with Gasteiger partial charge in [-0.2, -0.15) is 0 Å². The van der Waals surface area contributed by atoms with Crippen LogP contribution in [0.2, 0.25) is 0 Å². The van der Waals surface area contributed by atoms with Crippen LogP contribution in [0.25, 0.3) is 0 Å². The largest absolute Gasteiger partial charge is 0.472 e. The van der Waals surface area contributed by atoms with Crippen LogP contribution in [0.5, 0.6) is 0 Å². The quantitative estimate of drug-likeness (QED) is 0.0146. The molecule has 656 valence electrons. The van der Waals surface area contributed by atoms with Crippen molar-refractivity contribution in [2.24, 2.45) is 0 Å². The van der Waals surface area contributed by atoms with E-state index in [2.05, 4.69) is 203 Å². The number of esters is 3. The molecule has 0 aromatic rings. The van der Waals surface area contributed by atoms with E-state index in [-0.39, 0.29) is 19.3 Å². The predicted molar refractivity (Wildman–Crippen MR) is 481 cm³/mol. The molecule has 0 rings (SSSR count). The molecule has 4 N–H and O–H groups in total. The summed E-state index contributed by atoms with van der Waals surface area (Å²) >= 11 is 0. The molecular weight excluding hydrogens is 1480 g/mol. The Morgan fingerprint density at radius 3 is 0.730 bits per heavy atom. The van der Waals surface area contributed by atoms with Gasteiger partial charge in [-0.1, -0.05) is 357 Å². The lowest BCUT2D eigenvalue weighted by Gasteiger charge is -2.21. The first-order valence-electron chi connectivity index (χ1n) is 45.1. The number of allylic oxidation sites excluding steroid dienone is 30. The summed E-state index contributed by atoms with van der Waals surface area (Å²) in [6.45, 7) is 2.43. The number of hydrogen-bond acceptors (Lipinski definition) is 14. The molecule has 115 heavy (non-hydrogen) atoms. The molecule has 0 heterocycles. The SMILES string of the molecule is CC/C=C\C/C=C\C/C=C\C/C=C\C/C=C\C/C=C\CCCCCCCCCCCCC(=O)OCC(O)COP(=O)(O)OCC(O)COP(=O)(O)OCC(COC(=O)CCCCCCCCCCCCC/C=C\C/C=C\C/C=C\C/C=C\CCCCC)OC(=O)CCCCCCCCC/C=C\C/C=C\C/C=C\C/C=C\C/C=C\CC. The zero-order chi connectivity index (χ0) is 83.6. The summed E-state index contributed by atoms with van der Waals surface area (Å²) in [5.74, 6) is -1.59. The molecule has 0 aromatic heterocycles. The molecule has 0 aliphatic rings. The molecule has 0 radical (unpaired) electrons. The number of phosphoric acid groups is 2. The van der Waals surface area contributed by atoms with Gasteiger partial charge in [0.2, 0.25) is 0 Å². The highest BCUT2D eigenvalue weighted by molar-refractivity contribution is 7.47. The van der Waals surface area contributed by atoms with Crippen molar-refractivity contribution in [1.82, 2.24) is 0 Å². The van der Waals surface area contributed by atoms with Crippen LogP contribution in [0, 0.1) is 0 Å². The minimum absolute atomic E-state index is 0.0853. The number of rotatable bonds is 84. The van der Waals surface area contributed by atoms with Crippen LogP contribution < -0.4 is 0 Å². The lowest BCUT2D eigenvalue weighted by atomic mass is 10.0. The lowest BCUT2D eigenvalue weighted by molar-refractivity contribution is -0.161. The van der Waals surface area contributed by atoms with E-state index in [1.54, 1.807) is 0 Å². The Morgan fingerprint density at radius 1 is 0.252 bits per heavy atom. The first-order chi connectivity index (χ1) is 56.2. The summed E-state index contributed by atoms with van der Waals surface area (Å²) in [5.41, 5.74) is 0. The van der Waals surface area contributed by atoms with Crippen LogP contribution >= 0.6 is 15.6 Å². The highest BCUT2D eigenvalue weighted by Gasteiger charge is 2.29. The Bertz CT molecular complexity index is 2820. The fourth-order valence-electron chi connectivity index (χ4n) is 11.8. The highest BCUT2D eigenvalue weighted by atomic mass is 31.2. The summed E-state index contributed by atoms with van der Waals surface area (Å²) in [7, 11) is -9.82. The second kappa shape index (κ2) is 87.9. The zero-order valence-electron chi connectivity index (χ0n) is 72.1. The number of unbranched alkanes of at least 4 members (excludes halogenated alkanes) is 31. The van der Waals surface area contributed by atoms with Crippen molar-refractivity contribution in [3.8, 4) is 0 Å². The van der Waals surface area contributed by atoms with E-state index in [0.717, 1.165) is 199 Å². The summed E-state index contributed by atoms with van der Waals surface area (Å²) in [5, 5.41) is 20.7. The number of aliphatic hydroxyl groups is 2. The maximum absolute atomic E-state index is 13.1. The number of ether oxygens (including phenoxy) is 3. The van der Waals surface area contributed by atoms with Crippen molar-refractivity contribution in [1.29, 1.82) is 0 Å². The van der Waals surface area contributed by atoms with Crippen molar-refractivity contribution in [3.63, 3.8) is 0 Å². The van der Waals surface area contributed by atoms with E-state index in [1.807, 2.05) is 0 Å². The van der Waals surface area contributed by atoms with Crippen LogP contribution in [0.1, 0.15) is 355 Å². The maximum Gasteiger partial charge on any atom is 0.472 e. The summed E-state index contributed by atoms with van der Waals surface area (Å²) in [6, 6.07) is 0. The molecule has 0 aliphatic carbocycles. The minimum Gasteiger partial charge on any atom is -0.463 e. The van der Waals surface area contributed by atoms with E-state index < -0.39 is 91.5 Å². The average Bonchev–Trinajstić information content (AvgIpc) is 0.906. The summed E-state index contributed by atoms with van der Waals surface area (Å²) in [6.07, 6.45) is 115. The Morgan fingerprint density at radius 2 is 0.461 bits per heavy atom. The van der Waals surface area contributed by atoms with Crippen molar-refractivity contribution in [3.05, 3.63) is 182 Å². The Kier molecular flexibility index (Phi) is 83.9. The van der Waals surface area contributed by atoms with Crippen molar-refractivity contribution < 1.29 is 75.8 Å². The third-order valence-corrected chi connectivity index (χ3v) is 20.5. The van der Waals surface area contributed by atoms with Crippen LogP contribution in [0.15, 0.2) is 182 Å². The average molecular weight is 1650 g/mol. The molecule has 5 atom stereocenters. The number of hydrogen-bond donors (Lipinski definition) is 4. The van der Waals surface area contributed by atoms with Gasteiger partial charge in [-0.3, -0.25) is 32.5 Å². The maximum atomic E-state index is 13.1. The van der Waals surface area contributed by atoms with Crippen LogP contribution in [0.4, 0.5) is 0 Å². The van der Waals surface area contributed by atoms with Crippen molar-refractivity contribution >= 4 is 33.6 Å². The highest BCUT2D eigenvalue weighted by Crippen LogP contribution is 2.45. The molecule has 0 amide bonds. The van der Waals surface area contributed by atoms with Crippen LogP contribution in [0.3, 0.4) is 0 Å². The predicted octanol–water partition coefficient (Wildman–Crippen LogP) is 27.7. The lowest BCUT2D eigenvalue weighted by Crippen LogP contribution is -2.30. The van der Waals surface area contributed by atoms with Crippen LogP contribution in [-0.4, -0.2) is 95.9 Å². The Hall–Kier alpha value is -5.35. The van der Waals surface area contributed by atoms with Crippen molar-refractivity contribution in [2.75, 3.05) is 39.6 Å². The monoisotopic (exact) mass is 1650 g/mol. The molecule has 16 nitrogen and oxygen atoms in total. The van der Waals surface area contributed by atoms with Gasteiger partial charge in [0.15, 0.2) is 6.10 Å².